The molecule has 24 heavy (non-hydrogen) atoms. The van der Waals surface area contributed by atoms with Crippen LogP contribution in [0.5, 0.6) is 5.75 Å². The van der Waals surface area contributed by atoms with Crippen molar-refractivity contribution in [2.45, 2.75) is 38.3 Å². The molecule has 126 valence electrons. The monoisotopic (exact) mass is 343 g/mol. The molecule has 0 amide bonds. The van der Waals surface area contributed by atoms with Crippen LogP contribution >= 0.6 is 11.8 Å². The highest BCUT2D eigenvalue weighted by atomic mass is 32.2. The van der Waals surface area contributed by atoms with Crippen molar-refractivity contribution in [3.05, 3.63) is 39.7 Å². The summed E-state index contributed by atoms with van der Waals surface area (Å²) in [6.07, 6.45) is 5.16. The summed E-state index contributed by atoms with van der Waals surface area (Å²) in [5, 5.41) is 9.77. The van der Waals surface area contributed by atoms with Crippen LogP contribution in [-0.2, 0) is 0 Å². The van der Waals surface area contributed by atoms with Gasteiger partial charge in [0.15, 0.2) is 5.16 Å². The Morgan fingerprint density at radius 1 is 1.38 bits per heavy atom. The van der Waals surface area contributed by atoms with Gasteiger partial charge in [-0.2, -0.15) is 5.26 Å². The minimum atomic E-state index is -0.413. The fourth-order valence-electron chi connectivity index (χ4n) is 2.35. The van der Waals surface area contributed by atoms with Crippen molar-refractivity contribution in [2.24, 2.45) is 0 Å². The Hall–Kier alpha value is -2.26. The van der Waals surface area contributed by atoms with Gasteiger partial charge >= 0.3 is 0 Å². The molecule has 0 radical (unpaired) electrons. The molecule has 0 aliphatic rings. The second kappa shape index (κ2) is 8.55. The van der Waals surface area contributed by atoms with Crippen molar-refractivity contribution in [3.8, 4) is 23.1 Å². The number of thioether (sulfide) groups is 1. The number of aromatic nitrogens is 2. The van der Waals surface area contributed by atoms with E-state index in [-0.39, 0.29) is 5.56 Å². The molecule has 0 saturated carbocycles. The summed E-state index contributed by atoms with van der Waals surface area (Å²) in [5.41, 5.74) is 1.73. The standard InChI is InChI=1S/C18H21N3O2S/c1-4-5-6-9-23-15-8-7-13(10-12(15)2)16-14(11-19)17(22)21-18(20-16)24-3/h7-8,10H,4-6,9H2,1-3H3,(H,20,21,22). The van der Waals surface area contributed by atoms with E-state index in [4.69, 9.17) is 4.74 Å². The zero-order chi connectivity index (χ0) is 17.5. The molecule has 1 N–H and O–H groups in total. The predicted octanol–water partition coefficient (Wildman–Crippen LogP) is 3.91. The van der Waals surface area contributed by atoms with E-state index in [1.54, 1.807) is 0 Å². The van der Waals surface area contributed by atoms with Crippen LogP contribution in [-0.4, -0.2) is 22.8 Å². The largest absolute Gasteiger partial charge is 0.493 e. The molecule has 0 fully saturated rings. The second-order valence-electron chi connectivity index (χ2n) is 5.45. The molecule has 0 unspecified atom stereocenters. The number of hydrogen-bond acceptors (Lipinski definition) is 5. The molecule has 0 aliphatic heterocycles. The van der Waals surface area contributed by atoms with E-state index in [9.17, 15) is 10.1 Å². The summed E-state index contributed by atoms with van der Waals surface area (Å²) in [5.74, 6) is 0.822. The Labute approximate surface area is 146 Å². The molecular weight excluding hydrogens is 322 g/mol. The van der Waals surface area contributed by atoms with Gasteiger partial charge in [0.1, 0.15) is 17.4 Å². The first-order valence-electron chi connectivity index (χ1n) is 7.93. The van der Waals surface area contributed by atoms with Crippen LogP contribution in [0.2, 0.25) is 0 Å². The lowest BCUT2D eigenvalue weighted by atomic mass is 10.0. The highest BCUT2D eigenvalue weighted by Gasteiger charge is 2.14. The fourth-order valence-corrected chi connectivity index (χ4v) is 2.73. The zero-order valence-electron chi connectivity index (χ0n) is 14.2. The van der Waals surface area contributed by atoms with E-state index in [2.05, 4.69) is 16.9 Å². The number of hydrogen-bond donors (Lipinski definition) is 1. The number of ether oxygens (including phenoxy) is 1. The highest BCUT2D eigenvalue weighted by molar-refractivity contribution is 7.98. The average molecular weight is 343 g/mol. The lowest BCUT2D eigenvalue weighted by Crippen LogP contribution is -2.14. The van der Waals surface area contributed by atoms with Crippen LogP contribution in [0.15, 0.2) is 28.2 Å². The Morgan fingerprint density at radius 3 is 2.79 bits per heavy atom. The summed E-state index contributed by atoms with van der Waals surface area (Å²) >= 11 is 1.33. The first-order chi connectivity index (χ1) is 11.6. The first-order valence-corrected chi connectivity index (χ1v) is 9.15. The molecule has 0 spiro atoms. The van der Waals surface area contributed by atoms with Gasteiger partial charge in [-0.05, 0) is 43.4 Å². The molecular formula is C18H21N3O2S. The molecule has 0 aliphatic carbocycles. The van der Waals surface area contributed by atoms with Gasteiger partial charge in [0.25, 0.3) is 5.56 Å². The van der Waals surface area contributed by atoms with E-state index in [1.165, 1.54) is 11.8 Å². The van der Waals surface area contributed by atoms with E-state index in [1.807, 2.05) is 37.4 Å². The third-order valence-electron chi connectivity index (χ3n) is 3.66. The van der Waals surface area contributed by atoms with Gasteiger partial charge in [0.05, 0.1) is 12.3 Å². The third kappa shape index (κ3) is 4.18. The average Bonchev–Trinajstić information content (AvgIpc) is 2.59. The van der Waals surface area contributed by atoms with E-state index < -0.39 is 5.56 Å². The van der Waals surface area contributed by atoms with E-state index in [0.29, 0.717) is 17.5 Å². The zero-order valence-corrected chi connectivity index (χ0v) is 15.0. The number of nitrogens with zero attached hydrogens (tertiary/aromatic N) is 2. The van der Waals surface area contributed by atoms with Crippen LogP contribution in [0, 0.1) is 18.3 Å². The quantitative estimate of drug-likeness (QED) is 0.468. The van der Waals surface area contributed by atoms with Gasteiger partial charge in [-0.3, -0.25) is 4.79 Å². The summed E-state index contributed by atoms with van der Waals surface area (Å²) in [6.45, 7) is 4.80. The number of benzene rings is 1. The Morgan fingerprint density at radius 2 is 2.17 bits per heavy atom. The maximum Gasteiger partial charge on any atom is 0.270 e. The van der Waals surface area contributed by atoms with E-state index >= 15 is 0 Å². The van der Waals surface area contributed by atoms with Crippen molar-refractivity contribution in [2.75, 3.05) is 12.9 Å². The van der Waals surface area contributed by atoms with Crippen molar-refractivity contribution in [3.63, 3.8) is 0 Å². The molecule has 6 heteroatoms. The second-order valence-corrected chi connectivity index (χ2v) is 6.24. The summed E-state index contributed by atoms with van der Waals surface area (Å²) in [6, 6.07) is 7.57. The number of nitriles is 1. The van der Waals surface area contributed by atoms with Gasteiger partial charge in [-0.25, -0.2) is 4.98 Å². The number of unbranched alkanes of at least 4 members (excludes halogenated alkanes) is 2. The molecule has 2 rings (SSSR count). The molecule has 0 bridgehead atoms. The lowest BCUT2D eigenvalue weighted by molar-refractivity contribution is 0.304. The van der Waals surface area contributed by atoms with Crippen molar-refractivity contribution < 1.29 is 4.74 Å². The molecule has 1 heterocycles. The maximum atomic E-state index is 12.0. The Balaban J connectivity index is 2.34. The smallest absolute Gasteiger partial charge is 0.270 e. The van der Waals surface area contributed by atoms with E-state index in [0.717, 1.165) is 36.1 Å². The minimum absolute atomic E-state index is 0.0313. The van der Waals surface area contributed by atoms with Crippen LogP contribution in [0.25, 0.3) is 11.3 Å². The van der Waals surface area contributed by atoms with Gasteiger partial charge in [0, 0.05) is 5.56 Å². The van der Waals surface area contributed by atoms with Gasteiger partial charge in [-0.1, -0.05) is 31.5 Å². The molecule has 1 aromatic carbocycles. The number of aromatic amines is 1. The Bertz CT molecular complexity index is 809. The van der Waals surface area contributed by atoms with Gasteiger partial charge in [0.2, 0.25) is 0 Å². The highest BCUT2D eigenvalue weighted by Crippen LogP contribution is 2.27. The summed E-state index contributed by atoms with van der Waals surface area (Å²) in [4.78, 5) is 19.0. The first kappa shape index (κ1) is 18.1. The minimum Gasteiger partial charge on any atom is -0.493 e. The summed E-state index contributed by atoms with van der Waals surface area (Å²) < 4.78 is 5.80. The fraction of sp³-hybridized carbons (Fsp3) is 0.389. The maximum absolute atomic E-state index is 12.0. The third-order valence-corrected chi connectivity index (χ3v) is 4.24. The van der Waals surface area contributed by atoms with Gasteiger partial charge < -0.3 is 9.72 Å². The molecule has 2 aromatic rings. The van der Waals surface area contributed by atoms with Crippen molar-refractivity contribution >= 4 is 11.8 Å². The van der Waals surface area contributed by atoms with Crippen LogP contribution in [0.1, 0.15) is 37.3 Å². The summed E-state index contributed by atoms with van der Waals surface area (Å²) in [7, 11) is 0. The topological polar surface area (TPSA) is 78.8 Å². The van der Waals surface area contributed by atoms with Crippen LogP contribution in [0.3, 0.4) is 0 Å². The lowest BCUT2D eigenvalue weighted by Gasteiger charge is -2.11. The number of nitrogens with one attached hydrogen (secondary N) is 1. The van der Waals surface area contributed by atoms with Crippen LogP contribution < -0.4 is 10.3 Å². The number of H-pyrrole nitrogens is 1. The number of aryl methyl sites for hydroxylation is 1. The number of rotatable bonds is 7. The van der Waals surface area contributed by atoms with Crippen LogP contribution in [0.4, 0.5) is 0 Å². The van der Waals surface area contributed by atoms with Crippen molar-refractivity contribution in [1.82, 2.24) is 9.97 Å². The predicted molar refractivity (Wildman–Crippen MR) is 96.5 cm³/mol. The molecule has 1 aromatic heterocycles. The normalized spacial score (nSPS) is 10.4. The van der Waals surface area contributed by atoms with Crippen molar-refractivity contribution in [1.29, 1.82) is 5.26 Å². The molecule has 0 atom stereocenters. The van der Waals surface area contributed by atoms with Gasteiger partial charge in [-0.15, -0.1) is 0 Å². The molecule has 5 nitrogen and oxygen atoms in total. The Kier molecular flexibility index (Phi) is 6.44. The SMILES string of the molecule is CCCCCOc1ccc(-c2nc(SC)[nH]c(=O)c2C#N)cc1C. The molecule has 0 saturated heterocycles.